The summed E-state index contributed by atoms with van der Waals surface area (Å²) in [5.41, 5.74) is 2.80. The maximum atomic E-state index is 13.6. The minimum Gasteiger partial charge on any atom is -0.418 e. The van der Waals surface area contributed by atoms with Gasteiger partial charge in [-0.05, 0) is 82.2 Å². The molecule has 6 aromatic rings. The summed E-state index contributed by atoms with van der Waals surface area (Å²) >= 11 is 6.27. The van der Waals surface area contributed by atoms with Crippen molar-refractivity contribution >= 4 is 11.6 Å². The number of nitrogens with zero attached hydrogens (tertiary/aromatic N) is 7. The quantitative estimate of drug-likeness (QED) is 0.262. The van der Waals surface area contributed by atoms with Crippen LogP contribution in [0.3, 0.4) is 0 Å². The predicted molar refractivity (Wildman–Crippen MR) is 142 cm³/mol. The van der Waals surface area contributed by atoms with Crippen molar-refractivity contribution < 1.29 is 13.2 Å². The van der Waals surface area contributed by atoms with Gasteiger partial charge in [0.05, 0.1) is 5.69 Å². The molecule has 0 saturated carbocycles. The first-order valence-electron chi connectivity index (χ1n) is 12.0. The Labute approximate surface area is 230 Å². The van der Waals surface area contributed by atoms with E-state index in [0.717, 1.165) is 5.56 Å². The molecule has 6 rings (SSSR count). The van der Waals surface area contributed by atoms with E-state index in [9.17, 15) is 13.6 Å². The monoisotopic (exact) mass is 557 g/mol. The van der Waals surface area contributed by atoms with Crippen LogP contribution in [-0.2, 0) is 6.42 Å². The third kappa shape index (κ3) is 5.14. The molecule has 0 N–H and O–H groups in total. The van der Waals surface area contributed by atoms with Crippen LogP contribution in [0.25, 0.3) is 28.3 Å². The smallest absolute Gasteiger partial charge is 0.251 e. The average molecular weight is 558 g/mol. The summed E-state index contributed by atoms with van der Waals surface area (Å²) in [5.74, 6) is -0.435. The second kappa shape index (κ2) is 10.6. The highest BCUT2D eigenvalue weighted by Gasteiger charge is 2.24. The highest BCUT2D eigenvalue weighted by atomic mass is 35.5. The molecule has 0 amide bonds. The molecular weight excluding hydrogens is 540 g/mol. The topological polar surface area (TPSA) is 105 Å². The summed E-state index contributed by atoms with van der Waals surface area (Å²) in [4.78, 5) is 13.6. The number of aromatic nitrogens is 7. The van der Waals surface area contributed by atoms with E-state index < -0.39 is 11.9 Å². The minimum atomic E-state index is -0.716. The van der Waals surface area contributed by atoms with Crippen molar-refractivity contribution in [3.05, 3.63) is 130 Å². The Hall–Kier alpha value is -5.03. The van der Waals surface area contributed by atoms with Crippen molar-refractivity contribution in [1.29, 1.82) is 0 Å². The molecule has 1 unspecified atom stereocenters. The molecule has 0 spiro atoms. The van der Waals surface area contributed by atoms with Gasteiger partial charge in [-0.3, -0.25) is 4.79 Å². The van der Waals surface area contributed by atoms with E-state index >= 15 is 0 Å². The number of rotatable bonds is 7. The molecule has 3 aromatic heterocycles. The van der Waals surface area contributed by atoms with E-state index in [2.05, 4.69) is 25.7 Å². The van der Waals surface area contributed by atoms with Gasteiger partial charge in [-0.15, -0.1) is 15.3 Å². The SMILES string of the molecule is O=c1cc(-c2cc(Cl)ccc2-n2cnnn2)ccn1C(Cc1ccc(F)cc1)c1nnc(-c2ccc(F)cc2)o1. The number of hydrogen-bond acceptors (Lipinski definition) is 7. The maximum Gasteiger partial charge on any atom is 0.251 e. The normalized spacial score (nSPS) is 12.0. The van der Waals surface area contributed by atoms with E-state index in [1.165, 1.54) is 58.0 Å². The van der Waals surface area contributed by atoms with Crippen molar-refractivity contribution in [2.75, 3.05) is 0 Å². The molecule has 9 nitrogen and oxygen atoms in total. The molecule has 0 saturated heterocycles. The second-order valence-electron chi connectivity index (χ2n) is 8.88. The second-order valence-corrected chi connectivity index (χ2v) is 9.31. The zero-order valence-electron chi connectivity index (χ0n) is 20.5. The van der Waals surface area contributed by atoms with Gasteiger partial charge in [-0.2, -0.15) is 4.68 Å². The van der Waals surface area contributed by atoms with Crippen molar-refractivity contribution in [3.63, 3.8) is 0 Å². The molecule has 12 heteroatoms. The number of halogens is 3. The number of hydrogen-bond donors (Lipinski definition) is 0. The van der Waals surface area contributed by atoms with Gasteiger partial charge in [0.25, 0.3) is 5.56 Å². The molecular formula is C28H18ClF2N7O2. The fourth-order valence-electron chi connectivity index (χ4n) is 4.35. The average Bonchev–Trinajstić information content (AvgIpc) is 3.67. The van der Waals surface area contributed by atoms with E-state index in [-0.39, 0.29) is 29.6 Å². The first-order valence-corrected chi connectivity index (χ1v) is 12.4. The number of benzene rings is 3. The van der Waals surface area contributed by atoms with Crippen LogP contribution in [0.4, 0.5) is 8.78 Å². The summed E-state index contributed by atoms with van der Waals surface area (Å²) < 4.78 is 35.9. The molecule has 0 radical (unpaired) electrons. The van der Waals surface area contributed by atoms with Crippen LogP contribution in [0.1, 0.15) is 17.5 Å². The van der Waals surface area contributed by atoms with E-state index in [0.29, 0.717) is 27.4 Å². The van der Waals surface area contributed by atoms with E-state index in [4.69, 9.17) is 16.0 Å². The summed E-state index contributed by atoms with van der Waals surface area (Å²) in [5, 5.41) is 20.1. The number of pyridine rings is 1. The molecule has 3 heterocycles. The Morgan fingerprint density at radius 3 is 2.33 bits per heavy atom. The van der Waals surface area contributed by atoms with Crippen LogP contribution in [0.2, 0.25) is 5.02 Å². The van der Waals surface area contributed by atoms with Gasteiger partial charge in [0.2, 0.25) is 11.8 Å². The van der Waals surface area contributed by atoms with Gasteiger partial charge >= 0.3 is 0 Å². The highest BCUT2D eigenvalue weighted by molar-refractivity contribution is 6.31. The van der Waals surface area contributed by atoms with Crippen molar-refractivity contribution in [3.8, 4) is 28.3 Å². The molecule has 0 bridgehead atoms. The largest absolute Gasteiger partial charge is 0.418 e. The molecule has 0 fully saturated rings. The fourth-order valence-corrected chi connectivity index (χ4v) is 4.52. The molecule has 198 valence electrons. The van der Waals surface area contributed by atoms with E-state index in [1.807, 2.05) is 0 Å². The van der Waals surface area contributed by atoms with Gasteiger partial charge in [-0.25, -0.2) is 8.78 Å². The van der Waals surface area contributed by atoms with Gasteiger partial charge < -0.3 is 8.98 Å². The van der Waals surface area contributed by atoms with Crippen molar-refractivity contribution in [2.24, 2.45) is 0 Å². The molecule has 0 aliphatic rings. The zero-order chi connectivity index (χ0) is 27.6. The lowest BCUT2D eigenvalue weighted by molar-refractivity contribution is 0.410. The summed E-state index contributed by atoms with van der Waals surface area (Å²) in [6, 6.07) is 19.3. The van der Waals surface area contributed by atoms with Crippen LogP contribution < -0.4 is 5.56 Å². The van der Waals surface area contributed by atoms with Gasteiger partial charge in [0.1, 0.15) is 24.0 Å². The molecule has 40 heavy (non-hydrogen) atoms. The van der Waals surface area contributed by atoms with Crippen molar-refractivity contribution in [2.45, 2.75) is 12.5 Å². The first-order chi connectivity index (χ1) is 19.4. The van der Waals surface area contributed by atoms with E-state index in [1.54, 1.807) is 42.6 Å². The Kier molecular flexibility index (Phi) is 6.71. The lowest BCUT2D eigenvalue weighted by atomic mass is 10.0. The Morgan fingerprint density at radius 2 is 1.62 bits per heavy atom. The van der Waals surface area contributed by atoms with Crippen LogP contribution in [0.5, 0.6) is 0 Å². The summed E-state index contributed by atoms with van der Waals surface area (Å²) in [6.45, 7) is 0. The van der Waals surface area contributed by atoms with Gasteiger partial charge in [0.15, 0.2) is 0 Å². The number of tetrazole rings is 1. The zero-order valence-corrected chi connectivity index (χ0v) is 21.3. The van der Waals surface area contributed by atoms with Crippen LogP contribution >= 0.6 is 11.6 Å². The van der Waals surface area contributed by atoms with Crippen LogP contribution in [0, 0.1) is 11.6 Å². The molecule has 0 aliphatic carbocycles. The Bertz CT molecular complexity index is 1840. The minimum absolute atomic E-state index is 0.163. The lowest BCUT2D eigenvalue weighted by Gasteiger charge is -2.18. The Morgan fingerprint density at radius 1 is 0.875 bits per heavy atom. The maximum absolute atomic E-state index is 13.6. The Balaban J connectivity index is 1.41. The third-order valence-corrected chi connectivity index (χ3v) is 6.54. The van der Waals surface area contributed by atoms with Crippen LogP contribution in [0.15, 0.2) is 101 Å². The lowest BCUT2D eigenvalue weighted by Crippen LogP contribution is -2.26. The summed E-state index contributed by atoms with van der Waals surface area (Å²) in [6.07, 6.45) is 3.33. The van der Waals surface area contributed by atoms with Gasteiger partial charge in [0, 0.05) is 34.8 Å². The van der Waals surface area contributed by atoms with Gasteiger partial charge in [-0.1, -0.05) is 23.7 Å². The van der Waals surface area contributed by atoms with Crippen LogP contribution in [-0.4, -0.2) is 35.0 Å². The molecule has 3 aromatic carbocycles. The first kappa shape index (κ1) is 25.3. The predicted octanol–water partition coefficient (Wildman–Crippen LogP) is 5.30. The highest BCUT2D eigenvalue weighted by Crippen LogP contribution is 2.30. The summed E-state index contributed by atoms with van der Waals surface area (Å²) in [7, 11) is 0. The van der Waals surface area contributed by atoms with Crippen molar-refractivity contribution in [1.82, 2.24) is 35.0 Å². The molecule has 0 aliphatic heterocycles. The standard InChI is InChI=1S/C28H18ClF2N7O2/c29-20-5-10-24(38-16-32-35-36-38)23(15-20)19-11-12-37(26(39)14-19)25(13-17-1-6-21(30)7-2-17)28-34-33-27(40-28)18-3-8-22(31)9-4-18/h1-12,14-16,25H,13H2. The molecule has 1 atom stereocenters. The third-order valence-electron chi connectivity index (χ3n) is 6.31. The fraction of sp³-hybridized carbons (Fsp3) is 0.0714.